The predicted octanol–water partition coefficient (Wildman–Crippen LogP) is 2.83. The highest BCUT2D eigenvalue weighted by Crippen LogP contribution is 2.24. The van der Waals surface area contributed by atoms with Crippen molar-refractivity contribution in [3.8, 4) is 0 Å². The van der Waals surface area contributed by atoms with Crippen molar-refractivity contribution in [2.24, 2.45) is 5.92 Å². The van der Waals surface area contributed by atoms with E-state index in [1.807, 2.05) is 13.8 Å². The van der Waals surface area contributed by atoms with Crippen LogP contribution in [0, 0.1) is 12.8 Å². The number of amides is 1. The van der Waals surface area contributed by atoms with Gasteiger partial charge in [-0.1, -0.05) is 24.6 Å². The van der Waals surface area contributed by atoms with Crippen LogP contribution in [0.15, 0.2) is 58.3 Å². The third kappa shape index (κ3) is 5.27. The normalized spacial score (nSPS) is 18.1. The summed E-state index contributed by atoms with van der Waals surface area (Å²) in [7, 11) is -7.35. The molecule has 30 heavy (non-hydrogen) atoms. The van der Waals surface area contributed by atoms with Crippen molar-refractivity contribution >= 4 is 31.5 Å². The average molecular weight is 451 g/mol. The molecule has 0 bridgehead atoms. The minimum absolute atomic E-state index is 0.0838. The maximum absolute atomic E-state index is 12.8. The lowest BCUT2D eigenvalue weighted by molar-refractivity contribution is -0.113. The highest BCUT2D eigenvalue weighted by atomic mass is 32.2. The molecule has 1 N–H and O–H groups in total. The van der Waals surface area contributed by atoms with Gasteiger partial charge in [-0.25, -0.2) is 16.8 Å². The first-order valence-corrected chi connectivity index (χ1v) is 12.9. The van der Waals surface area contributed by atoms with Crippen molar-refractivity contribution in [2.45, 2.75) is 36.5 Å². The summed E-state index contributed by atoms with van der Waals surface area (Å²) in [5.74, 6) is -1.06. The van der Waals surface area contributed by atoms with Crippen LogP contribution in [-0.2, 0) is 24.7 Å². The summed E-state index contributed by atoms with van der Waals surface area (Å²) >= 11 is 0. The number of carbonyl (C=O) groups excluding carboxylic acids is 1. The number of piperidine rings is 1. The van der Waals surface area contributed by atoms with Crippen LogP contribution in [0.5, 0.6) is 0 Å². The van der Waals surface area contributed by atoms with Crippen LogP contribution >= 0.6 is 0 Å². The van der Waals surface area contributed by atoms with Gasteiger partial charge in [0.05, 0.1) is 9.79 Å². The molecule has 1 aliphatic rings. The molecular weight excluding hydrogens is 424 g/mol. The van der Waals surface area contributed by atoms with Gasteiger partial charge in [-0.3, -0.25) is 4.79 Å². The molecule has 1 heterocycles. The predicted molar refractivity (Wildman–Crippen MR) is 115 cm³/mol. The first-order valence-electron chi connectivity index (χ1n) is 9.77. The minimum atomic E-state index is -3.76. The van der Waals surface area contributed by atoms with E-state index in [9.17, 15) is 21.6 Å². The molecule has 0 aromatic heterocycles. The highest BCUT2D eigenvalue weighted by molar-refractivity contribution is 7.92. The Kier molecular flexibility index (Phi) is 6.64. The molecule has 1 unspecified atom stereocenters. The zero-order valence-electron chi connectivity index (χ0n) is 17.0. The molecule has 0 saturated carbocycles. The standard InChI is InChI=1S/C21H26N2O5S2/c1-16-5-9-19(10-6-16)29(25,26)15-21(24)22-18-7-11-20(12-8-18)30(27,28)23-13-3-4-17(2)14-23/h5-12,17H,3-4,13-15H2,1-2H3,(H,22,24). The van der Waals surface area contributed by atoms with Gasteiger partial charge < -0.3 is 5.32 Å². The van der Waals surface area contributed by atoms with Gasteiger partial charge in [0, 0.05) is 18.8 Å². The first-order chi connectivity index (χ1) is 14.1. The van der Waals surface area contributed by atoms with Crippen LogP contribution in [0.1, 0.15) is 25.3 Å². The second-order valence-corrected chi connectivity index (χ2v) is 11.7. The van der Waals surface area contributed by atoms with E-state index < -0.39 is 31.5 Å². The molecule has 162 valence electrons. The Morgan fingerprint density at radius 3 is 2.20 bits per heavy atom. The smallest absolute Gasteiger partial charge is 0.243 e. The van der Waals surface area contributed by atoms with Gasteiger partial charge in [0.15, 0.2) is 9.84 Å². The van der Waals surface area contributed by atoms with Crippen LogP contribution in [0.4, 0.5) is 5.69 Å². The molecule has 1 aliphatic heterocycles. The van der Waals surface area contributed by atoms with Crippen LogP contribution in [-0.4, -0.2) is 45.9 Å². The Bertz CT molecular complexity index is 1110. The van der Waals surface area contributed by atoms with E-state index in [2.05, 4.69) is 5.32 Å². The van der Waals surface area contributed by atoms with Crippen LogP contribution in [0.2, 0.25) is 0 Å². The van der Waals surface area contributed by atoms with Crippen molar-refractivity contribution in [1.82, 2.24) is 4.31 Å². The minimum Gasteiger partial charge on any atom is -0.325 e. The Hall–Kier alpha value is -2.23. The number of benzene rings is 2. The topological polar surface area (TPSA) is 101 Å². The van der Waals surface area contributed by atoms with Crippen molar-refractivity contribution in [1.29, 1.82) is 0 Å². The summed E-state index contributed by atoms with van der Waals surface area (Å²) in [6, 6.07) is 12.1. The molecular formula is C21H26N2O5S2. The number of sulfone groups is 1. The van der Waals surface area contributed by atoms with Gasteiger partial charge in [0.2, 0.25) is 15.9 Å². The summed E-state index contributed by atoms with van der Waals surface area (Å²) in [6.07, 6.45) is 1.85. The lowest BCUT2D eigenvalue weighted by Gasteiger charge is -2.30. The Morgan fingerprint density at radius 1 is 1.00 bits per heavy atom. The average Bonchev–Trinajstić information content (AvgIpc) is 2.68. The van der Waals surface area contributed by atoms with Crippen molar-refractivity contribution in [2.75, 3.05) is 24.2 Å². The second-order valence-electron chi connectivity index (χ2n) is 7.76. The summed E-state index contributed by atoms with van der Waals surface area (Å²) in [5.41, 5.74) is 1.26. The lowest BCUT2D eigenvalue weighted by atomic mass is 10.0. The molecule has 1 saturated heterocycles. The van der Waals surface area contributed by atoms with E-state index in [4.69, 9.17) is 0 Å². The fourth-order valence-corrected chi connectivity index (χ4v) is 6.16. The van der Waals surface area contributed by atoms with E-state index in [1.165, 1.54) is 40.7 Å². The number of sulfonamides is 1. The van der Waals surface area contributed by atoms with Crippen molar-refractivity contribution in [3.05, 3.63) is 54.1 Å². The van der Waals surface area contributed by atoms with E-state index in [0.29, 0.717) is 24.7 Å². The summed E-state index contributed by atoms with van der Waals surface area (Å²) in [5, 5.41) is 2.52. The fraction of sp³-hybridized carbons (Fsp3) is 0.381. The zero-order valence-corrected chi connectivity index (χ0v) is 18.7. The van der Waals surface area contributed by atoms with Gasteiger partial charge in [0.1, 0.15) is 5.75 Å². The number of aryl methyl sites for hydroxylation is 1. The maximum Gasteiger partial charge on any atom is 0.243 e. The Morgan fingerprint density at radius 2 is 1.60 bits per heavy atom. The quantitative estimate of drug-likeness (QED) is 0.729. The van der Waals surface area contributed by atoms with Gasteiger partial charge >= 0.3 is 0 Å². The van der Waals surface area contributed by atoms with Crippen LogP contribution in [0.25, 0.3) is 0 Å². The Labute approximate surface area is 178 Å². The maximum atomic E-state index is 12.8. The third-order valence-corrected chi connectivity index (χ3v) is 8.61. The number of hydrogen-bond donors (Lipinski definition) is 1. The number of carbonyl (C=O) groups is 1. The molecule has 2 aromatic carbocycles. The molecule has 9 heteroatoms. The molecule has 1 fully saturated rings. The van der Waals surface area contributed by atoms with Gasteiger partial charge in [-0.2, -0.15) is 4.31 Å². The number of nitrogens with zero attached hydrogens (tertiary/aromatic N) is 1. The summed E-state index contributed by atoms with van der Waals surface area (Å²) in [4.78, 5) is 12.5. The van der Waals surface area contributed by atoms with E-state index in [0.717, 1.165) is 18.4 Å². The number of anilines is 1. The molecule has 7 nitrogen and oxygen atoms in total. The molecule has 1 atom stereocenters. The lowest BCUT2D eigenvalue weighted by Crippen LogP contribution is -2.39. The van der Waals surface area contributed by atoms with Crippen LogP contribution < -0.4 is 5.32 Å². The number of nitrogens with one attached hydrogen (secondary N) is 1. The molecule has 3 rings (SSSR count). The van der Waals surface area contributed by atoms with Gasteiger partial charge in [-0.15, -0.1) is 0 Å². The zero-order chi connectivity index (χ0) is 21.9. The first kappa shape index (κ1) is 22.5. The van der Waals surface area contributed by atoms with Crippen LogP contribution in [0.3, 0.4) is 0 Å². The monoisotopic (exact) mass is 450 g/mol. The van der Waals surface area contributed by atoms with Crippen molar-refractivity contribution in [3.63, 3.8) is 0 Å². The van der Waals surface area contributed by atoms with Crippen molar-refractivity contribution < 1.29 is 21.6 Å². The molecule has 1 amide bonds. The Balaban J connectivity index is 1.66. The molecule has 0 aliphatic carbocycles. The molecule has 0 radical (unpaired) electrons. The van der Waals surface area contributed by atoms with Gasteiger partial charge in [0.25, 0.3) is 0 Å². The largest absolute Gasteiger partial charge is 0.325 e. The van der Waals surface area contributed by atoms with Gasteiger partial charge in [-0.05, 0) is 62.1 Å². The third-order valence-electron chi connectivity index (χ3n) is 5.10. The summed E-state index contributed by atoms with van der Waals surface area (Å²) in [6.45, 7) is 4.88. The van der Waals surface area contributed by atoms with E-state index in [-0.39, 0.29) is 9.79 Å². The fourth-order valence-electron chi connectivity index (χ4n) is 3.42. The highest BCUT2D eigenvalue weighted by Gasteiger charge is 2.28. The second kappa shape index (κ2) is 8.87. The van der Waals surface area contributed by atoms with E-state index in [1.54, 1.807) is 12.1 Å². The number of hydrogen-bond acceptors (Lipinski definition) is 5. The molecule has 0 spiro atoms. The SMILES string of the molecule is Cc1ccc(S(=O)(=O)CC(=O)Nc2ccc(S(=O)(=O)N3CCCC(C)C3)cc2)cc1. The van der Waals surface area contributed by atoms with E-state index >= 15 is 0 Å². The number of rotatable bonds is 6. The summed E-state index contributed by atoms with van der Waals surface area (Å²) < 4.78 is 51.8. The molecule has 2 aromatic rings.